The van der Waals surface area contributed by atoms with Crippen molar-refractivity contribution in [3.63, 3.8) is 0 Å². The lowest BCUT2D eigenvalue weighted by molar-refractivity contribution is -0.124. The summed E-state index contributed by atoms with van der Waals surface area (Å²) in [6.07, 6.45) is -0.564. The summed E-state index contributed by atoms with van der Waals surface area (Å²) in [4.78, 5) is 26.8. The maximum Gasteiger partial charge on any atom is 0.407 e. The van der Waals surface area contributed by atoms with Gasteiger partial charge in [0.05, 0.1) is 13.0 Å². The van der Waals surface area contributed by atoms with Gasteiger partial charge in [-0.3, -0.25) is 9.63 Å². The monoisotopic (exact) mass is 216 g/mol. The van der Waals surface area contributed by atoms with Crippen LogP contribution >= 0.6 is 0 Å². The van der Waals surface area contributed by atoms with Crippen LogP contribution in [0.5, 0.6) is 0 Å². The van der Waals surface area contributed by atoms with Crippen LogP contribution in [-0.4, -0.2) is 30.3 Å². The summed E-state index contributed by atoms with van der Waals surface area (Å²) in [6, 6.07) is 0. The van der Waals surface area contributed by atoms with Crippen molar-refractivity contribution >= 4 is 12.0 Å². The number of ether oxygens (including phenoxy) is 1. The number of hydrogen-bond acceptors (Lipinski definition) is 4. The maximum absolute atomic E-state index is 11.2. The number of hydrogen-bond donors (Lipinski definition) is 2. The van der Waals surface area contributed by atoms with Gasteiger partial charge >= 0.3 is 6.09 Å². The summed E-state index contributed by atoms with van der Waals surface area (Å²) in [5.74, 6) is -0.175. The Morgan fingerprint density at radius 3 is 2.80 bits per heavy atom. The molecule has 6 heteroatoms. The SMILES string of the molecule is CC(C)(C)OC(=O)NCC1CC(=O)NO1. The molecule has 0 aromatic heterocycles. The zero-order chi connectivity index (χ0) is 11.5. The molecule has 0 aliphatic carbocycles. The molecule has 0 aromatic rings. The molecule has 0 spiro atoms. The molecule has 2 N–H and O–H groups in total. The molecular formula is C9H16N2O4. The second-order valence-corrected chi connectivity index (χ2v) is 4.35. The molecule has 86 valence electrons. The smallest absolute Gasteiger partial charge is 0.407 e. The zero-order valence-electron chi connectivity index (χ0n) is 9.12. The number of nitrogens with one attached hydrogen (secondary N) is 2. The van der Waals surface area contributed by atoms with E-state index in [0.29, 0.717) is 0 Å². The molecular weight excluding hydrogens is 200 g/mol. The molecule has 1 unspecified atom stereocenters. The van der Waals surface area contributed by atoms with Crippen molar-refractivity contribution in [2.45, 2.75) is 38.9 Å². The molecule has 1 rings (SSSR count). The van der Waals surface area contributed by atoms with E-state index in [1.54, 1.807) is 20.8 Å². The third-order valence-corrected chi connectivity index (χ3v) is 1.63. The van der Waals surface area contributed by atoms with E-state index in [1.807, 2.05) is 0 Å². The Morgan fingerprint density at radius 2 is 2.33 bits per heavy atom. The summed E-state index contributed by atoms with van der Waals surface area (Å²) < 4.78 is 5.01. The molecule has 15 heavy (non-hydrogen) atoms. The highest BCUT2D eigenvalue weighted by Crippen LogP contribution is 2.07. The molecule has 1 atom stereocenters. The third-order valence-electron chi connectivity index (χ3n) is 1.63. The van der Waals surface area contributed by atoms with Gasteiger partial charge < -0.3 is 10.1 Å². The lowest BCUT2D eigenvalue weighted by atomic mass is 10.2. The summed E-state index contributed by atoms with van der Waals surface area (Å²) in [5.41, 5.74) is 1.69. The van der Waals surface area contributed by atoms with Gasteiger partial charge in [0.2, 0.25) is 5.91 Å². The molecule has 1 heterocycles. The zero-order valence-corrected chi connectivity index (χ0v) is 9.12. The molecule has 0 bridgehead atoms. The number of carbonyl (C=O) groups excluding carboxylic acids is 2. The first-order valence-electron chi connectivity index (χ1n) is 4.78. The van der Waals surface area contributed by atoms with Crippen LogP contribution in [0.25, 0.3) is 0 Å². The van der Waals surface area contributed by atoms with Crippen molar-refractivity contribution in [2.75, 3.05) is 6.54 Å². The fourth-order valence-corrected chi connectivity index (χ4v) is 1.06. The second-order valence-electron chi connectivity index (χ2n) is 4.35. The van der Waals surface area contributed by atoms with Crippen LogP contribution < -0.4 is 10.8 Å². The largest absolute Gasteiger partial charge is 0.444 e. The van der Waals surface area contributed by atoms with E-state index in [0.717, 1.165) is 0 Å². The number of hydroxylamine groups is 1. The molecule has 6 nitrogen and oxygen atoms in total. The second kappa shape index (κ2) is 4.48. The molecule has 0 radical (unpaired) electrons. The van der Waals surface area contributed by atoms with Crippen molar-refractivity contribution in [2.24, 2.45) is 0 Å². The summed E-state index contributed by atoms with van der Waals surface area (Å²) >= 11 is 0. The van der Waals surface area contributed by atoms with E-state index in [4.69, 9.17) is 9.57 Å². The number of amides is 2. The lowest BCUT2D eigenvalue weighted by Crippen LogP contribution is -2.37. The number of carbonyl (C=O) groups is 2. The van der Waals surface area contributed by atoms with Crippen molar-refractivity contribution in [1.82, 2.24) is 10.8 Å². The minimum Gasteiger partial charge on any atom is -0.444 e. The standard InChI is InChI=1S/C9H16N2O4/c1-9(2,3)14-8(13)10-5-6-4-7(12)11-15-6/h6H,4-5H2,1-3H3,(H,10,13)(H,11,12). The minimum atomic E-state index is -0.519. The Labute approximate surface area is 88.3 Å². The van der Waals surface area contributed by atoms with E-state index >= 15 is 0 Å². The maximum atomic E-state index is 11.2. The lowest BCUT2D eigenvalue weighted by Gasteiger charge is -2.20. The Kier molecular flexibility index (Phi) is 3.52. The topological polar surface area (TPSA) is 76.7 Å². The molecule has 1 saturated heterocycles. The molecule has 1 aliphatic heterocycles. The number of alkyl carbamates (subject to hydrolysis) is 1. The Bertz CT molecular complexity index is 259. The Hall–Kier alpha value is -1.30. The normalized spacial score (nSPS) is 21.0. The van der Waals surface area contributed by atoms with Crippen LogP contribution in [0.1, 0.15) is 27.2 Å². The average Bonchev–Trinajstić information content (AvgIpc) is 2.45. The number of rotatable bonds is 2. The molecule has 2 amide bonds. The van der Waals surface area contributed by atoms with Crippen LogP contribution in [0.4, 0.5) is 4.79 Å². The van der Waals surface area contributed by atoms with Crippen LogP contribution in [0, 0.1) is 0 Å². The van der Waals surface area contributed by atoms with Gasteiger partial charge in [-0.05, 0) is 20.8 Å². The predicted molar refractivity (Wildman–Crippen MR) is 51.9 cm³/mol. The van der Waals surface area contributed by atoms with Gasteiger partial charge in [-0.25, -0.2) is 10.3 Å². The van der Waals surface area contributed by atoms with Gasteiger partial charge in [-0.1, -0.05) is 0 Å². The highest BCUT2D eigenvalue weighted by atomic mass is 16.7. The summed E-state index contributed by atoms with van der Waals surface area (Å²) in [5, 5.41) is 2.52. The summed E-state index contributed by atoms with van der Waals surface area (Å²) in [6.45, 7) is 5.60. The van der Waals surface area contributed by atoms with E-state index in [1.165, 1.54) is 0 Å². The van der Waals surface area contributed by atoms with E-state index < -0.39 is 11.7 Å². The quantitative estimate of drug-likeness (QED) is 0.697. The fraction of sp³-hybridized carbons (Fsp3) is 0.778. The van der Waals surface area contributed by atoms with Gasteiger partial charge in [-0.15, -0.1) is 0 Å². The van der Waals surface area contributed by atoms with Crippen molar-refractivity contribution in [3.05, 3.63) is 0 Å². The van der Waals surface area contributed by atoms with Gasteiger partial charge in [0, 0.05) is 0 Å². The first-order valence-corrected chi connectivity index (χ1v) is 4.78. The first kappa shape index (κ1) is 11.8. The van der Waals surface area contributed by atoms with Gasteiger partial charge in [-0.2, -0.15) is 0 Å². The molecule has 1 fully saturated rings. The van der Waals surface area contributed by atoms with E-state index in [2.05, 4.69) is 10.8 Å². The third kappa shape index (κ3) is 4.64. The van der Waals surface area contributed by atoms with Gasteiger partial charge in [0.25, 0.3) is 0 Å². The van der Waals surface area contributed by atoms with Crippen LogP contribution in [0.15, 0.2) is 0 Å². The molecule has 0 aromatic carbocycles. The average molecular weight is 216 g/mol. The van der Waals surface area contributed by atoms with Crippen molar-refractivity contribution in [1.29, 1.82) is 0 Å². The fourth-order valence-electron chi connectivity index (χ4n) is 1.06. The molecule has 0 saturated carbocycles. The Balaban J connectivity index is 2.20. The van der Waals surface area contributed by atoms with Gasteiger partial charge in [0.1, 0.15) is 11.7 Å². The minimum absolute atomic E-state index is 0.175. The van der Waals surface area contributed by atoms with Crippen molar-refractivity contribution < 1.29 is 19.2 Å². The highest BCUT2D eigenvalue weighted by molar-refractivity contribution is 5.77. The van der Waals surface area contributed by atoms with Gasteiger partial charge in [0.15, 0.2) is 0 Å². The van der Waals surface area contributed by atoms with Crippen LogP contribution in [0.3, 0.4) is 0 Å². The van der Waals surface area contributed by atoms with E-state index in [9.17, 15) is 9.59 Å². The van der Waals surface area contributed by atoms with Crippen LogP contribution in [0.2, 0.25) is 0 Å². The predicted octanol–water partition coefficient (Wildman–Crippen LogP) is 0.331. The summed E-state index contributed by atoms with van der Waals surface area (Å²) in [7, 11) is 0. The Morgan fingerprint density at radius 1 is 1.67 bits per heavy atom. The van der Waals surface area contributed by atoms with Crippen molar-refractivity contribution in [3.8, 4) is 0 Å². The highest BCUT2D eigenvalue weighted by Gasteiger charge is 2.24. The van der Waals surface area contributed by atoms with E-state index in [-0.39, 0.29) is 25.0 Å². The first-order chi connectivity index (χ1) is 6.87. The van der Waals surface area contributed by atoms with Crippen LogP contribution in [-0.2, 0) is 14.4 Å². The molecule has 1 aliphatic rings.